The molecule has 30 heavy (non-hydrogen) atoms. The van der Waals surface area contributed by atoms with Crippen molar-refractivity contribution >= 4 is 21.6 Å². The zero-order valence-electron chi connectivity index (χ0n) is 17.2. The van der Waals surface area contributed by atoms with Gasteiger partial charge in [-0.25, -0.2) is 22.8 Å². The van der Waals surface area contributed by atoms with Crippen LogP contribution in [-0.4, -0.2) is 43.1 Å². The quantitative estimate of drug-likeness (QED) is 0.755. The fourth-order valence-electron chi connectivity index (χ4n) is 3.47. The van der Waals surface area contributed by atoms with Crippen molar-refractivity contribution in [3.05, 3.63) is 64.7 Å². The van der Waals surface area contributed by atoms with Crippen LogP contribution in [0.15, 0.2) is 42.1 Å². The molecular weight excluding hydrogens is 407 g/mol. The summed E-state index contributed by atoms with van der Waals surface area (Å²) in [4.78, 5) is 22.9. The third-order valence-corrected chi connectivity index (χ3v) is 5.62. The molecule has 1 aliphatic rings. The van der Waals surface area contributed by atoms with Gasteiger partial charge in [-0.3, -0.25) is 4.79 Å². The summed E-state index contributed by atoms with van der Waals surface area (Å²) in [5, 5.41) is 3.70. The van der Waals surface area contributed by atoms with Crippen LogP contribution in [0.2, 0.25) is 0 Å². The molecule has 2 aromatic rings. The third kappa shape index (κ3) is 5.21. The van der Waals surface area contributed by atoms with Crippen molar-refractivity contribution in [1.82, 2.24) is 15.3 Å². The largest absolute Gasteiger partial charge is 0.348 e. The van der Waals surface area contributed by atoms with Gasteiger partial charge < -0.3 is 10.2 Å². The number of sulfone groups is 1. The summed E-state index contributed by atoms with van der Waals surface area (Å²) in [6, 6.07) is 4.78. The fraction of sp³-hybridized carbons (Fsp3) is 0.381. The number of hydrogen-bond donors (Lipinski definition) is 1. The molecule has 1 aromatic heterocycles. The lowest BCUT2D eigenvalue weighted by atomic mass is 10.0. The highest BCUT2D eigenvalue weighted by molar-refractivity contribution is 7.93. The highest BCUT2D eigenvalue weighted by atomic mass is 32.2. The number of amides is 1. The SMILES string of the molecule is Cc1cccc(C2CCCN2c2cnc(C(=O)N[C@H](C)/C=C/S(C)(=O)=O)cn2)c1F. The molecule has 0 aliphatic carbocycles. The van der Waals surface area contributed by atoms with E-state index in [0.717, 1.165) is 31.1 Å². The molecule has 1 unspecified atom stereocenters. The average Bonchev–Trinajstić information content (AvgIpc) is 3.17. The smallest absolute Gasteiger partial charge is 0.271 e. The van der Waals surface area contributed by atoms with Crippen LogP contribution >= 0.6 is 0 Å². The zero-order chi connectivity index (χ0) is 21.9. The molecule has 7 nitrogen and oxygen atoms in total. The Kier molecular flexibility index (Phi) is 6.50. The summed E-state index contributed by atoms with van der Waals surface area (Å²) >= 11 is 0. The predicted molar refractivity (Wildman–Crippen MR) is 113 cm³/mol. The zero-order valence-corrected chi connectivity index (χ0v) is 18.0. The Bertz CT molecular complexity index is 1050. The van der Waals surface area contributed by atoms with Crippen LogP contribution in [0.5, 0.6) is 0 Å². The van der Waals surface area contributed by atoms with Gasteiger partial charge in [0, 0.05) is 29.8 Å². The van der Waals surface area contributed by atoms with Crippen LogP contribution in [-0.2, 0) is 9.84 Å². The Balaban J connectivity index is 1.72. The molecule has 1 fully saturated rings. The Labute approximate surface area is 176 Å². The fourth-order valence-corrected chi connectivity index (χ4v) is 3.99. The van der Waals surface area contributed by atoms with E-state index in [2.05, 4.69) is 15.3 Å². The number of hydrogen-bond acceptors (Lipinski definition) is 6. The Morgan fingerprint density at radius 3 is 2.77 bits per heavy atom. The van der Waals surface area contributed by atoms with E-state index in [1.165, 1.54) is 18.5 Å². The third-order valence-electron chi connectivity index (χ3n) is 4.97. The second kappa shape index (κ2) is 8.91. The van der Waals surface area contributed by atoms with Gasteiger partial charge in [0.05, 0.1) is 18.4 Å². The van der Waals surface area contributed by atoms with Gasteiger partial charge in [-0.15, -0.1) is 0 Å². The van der Waals surface area contributed by atoms with Crippen molar-refractivity contribution in [3.8, 4) is 0 Å². The molecule has 0 radical (unpaired) electrons. The summed E-state index contributed by atoms with van der Waals surface area (Å²) in [5.74, 6) is -0.0723. The second-order valence-electron chi connectivity index (χ2n) is 7.51. The van der Waals surface area contributed by atoms with Crippen molar-refractivity contribution in [2.75, 3.05) is 17.7 Å². The number of nitrogens with one attached hydrogen (secondary N) is 1. The lowest BCUT2D eigenvalue weighted by Crippen LogP contribution is -2.32. The molecule has 0 saturated carbocycles. The molecule has 1 aromatic carbocycles. The average molecular weight is 433 g/mol. The predicted octanol–water partition coefficient (Wildman–Crippen LogP) is 2.94. The number of nitrogens with zero attached hydrogens (tertiary/aromatic N) is 3. The highest BCUT2D eigenvalue weighted by Gasteiger charge is 2.29. The summed E-state index contributed by atoms with van der Waals surface area (Å²) in [6.45, 7) is 4.13. The number of aryl methyl sites for hydroxylation is 1. The maximum Gasteiger partial charge on any atom is 0.271 e. The number of carbonyl (C=O) groups excluding carboxylic acids is 1. The van der Waals surface area contributed by atoms with E-state index in [1.807, 2.05) is 11.0 Å². The van der Waals surface area contributed by atoms with Gasteiger partial charge in [-0.2, -0.15) is 0 Å². The van der Waals surface area contributed by atoms with E-state index < -0.39 is 21.8 Å². The molecule has 1 amide bonds. The van der Waals surface area contributed by atoms with Gasteiger partial charge >= 0.3 is 0 Å². The number of carbonyl (C=O) groups is 1. The first-order chi connectivity index (χ1) is 14.2. The van der Waals surface area contributed by atoms with Gasteiger partial charge in [0.15, 0.2) is 9.84 Å². The number of anilines is 1. The minimum atomic E-state index is -3.26. The molecule has 1 aliphatic heterocycles. The maximum absolute atomic E-state index is 14.6. The van der Waals surface area contributed by atoms with Gasteiger partial charge in [-0.05, 0) is 32.3 Å². The molecule has 0 bridgehead atoms. The Morgan fingerprint density at radius 1 is 1.33 bits per heavy atom. The van der Waals surface area contributed by atoms with E-state index in [1.54, 1.807) is 26.0 Å². The monoisotopic (exact) mass is 432 g/mol. The van der Waals surface area contributed by atoms with E-state index in [-0.39, 0.29) is 17.6 Å². The summed E-state index contributed by atoms with van der Waals surface area (Å²) in [5.41, 5.74) is 1.37. The van der Waals surface area contributed by atoms with E-state index >= 15 is 0 Å². The van der Waals surface area contributed by atoms with Crippen molar-refractivity contribution in [2.45, 2.75) is 38.8 Å². The summed E-state index contributed by atoms with van der Waals surface area (Å²) in [7, 11) is -3.26. The minimum Gasteiger partial charge on any atom is -0.348 e. The first kappa shape index (κ1) is 21.9. The minimum absolute atomic E-state index is 0.121. The standard InChI is InChI=1S/C21H25FN4O3S/c1-14-6-4-7-16(20(14)22)18-8-5-10-26(18)19-13-23-17(12-24-19)21(27)25-15(2)9-11-30(3,28)29/h4,6-7,9,11-13,15,18H,5,8,10H2,1-3H3,(H,25,27)/b11-9+/t15-,18?/m1/s1. The molecule has 1 N–H and O–H groups in total. The van der Waals surface area contributed by atoms with Gasteiger partial charge in [0.2, 0.25) is 0 Å². The first-order valence-electron chi connectivity index (χ1n) is 9.68. The van der Waals surface area contributed by atoms with Crippen LogP contribution in [0.4, 0.5) is 10.2 Å². The van der Waals surface area contributed by atoms with Crippen molar-refractivity contribution < 1.29 is 17.6 Å². The first-order valence-corrected chi connectivity index (χ1v) is 11.6. The lowest BCUT2D eigenvalue weighted by Gasteiger charge is -2.26. The van der Waals surface area contributed by atoms with Gasteiger partial charge in [-0.1, -0.05) is 24.3 Å². The highest BCUT2D eigenvalue weighted by Crippen LogP contribution is 2.36. The lowest BCUT2D eigenvalue weighted by molar-refractivity contribution is 0.0941. The second-order valence-corrected chi connectivity index (χ2v) is 9.44. The number of rotatable bonds is 6. The topological polar surface area (TPSA) is 92.3 Å². The van der Waals surface area contributed by atoms with Crippen LogP contribution in [0.3, 0.4) is 0 Å². The molecule has 2 atom stereocenters. The number of aromatic nitrogens is 2. The molecule has 3 rings (SSSR count). The van der Waals surface area contributed by atoms with Crippen molar-refractivity contribution in [2.24, 2.45) is 0 Å². The van der Waals surface area contributed by atoms with E-state index in [4.69, 9.17) is 0 Å². The molecule has 9 heteroatoms. The molecule has 2 heterocycles. The number of benzene rings is 1. The van der Waals surface area contributed by atoms with Crippen molar-refractivity contribution in [1.29, 1.82) is 0 Å². The molecule has 1 saturated heterocycles. The number of halogens is 1. The Morgan fingerprint density at radius 2 is 2.10 bits per heavy atom. The summed E-state index contributed by atoms with van der Waals surface area (Å²) < 4.78 is 37.0. The van der Waals surface area contributed by atoms with Crippen molar-refractivity contribution in [3.63, 3.8) is 0 Å². The van der Waals surface area contributed by atoms with Gasteiger partial charge in [0.1, 0.15) is 17.3 Å². The molecule has 160 valence electrons. The molecular formula is C21H25FN4O3S. The van der Waals surface area contributed by atoms with Crippen LogP contribution in [0, 0.1) is 12.7 Å². The maximum atomic E-state index is 14.6. The summed E-state index contributed by atoms with van der Waals surface area (Å²) in [6.07, 6.45) is 7.08. The van der Waals surface area contributed by atoms with Crippen LogP contribution in [0.1, 0.15) is 47.4 Å². The Hall–Kier alpha value is -2.81. The molecule has 0 spiro atoms. The van der Waals surface area contributed by atoms with Crippen LogP contribution < -0.4 is 10.2 Å². The van der Waals surface area contributed by atoms with Crippen LogP contribution in [0.25, 0.3) is 0 Å². The van der Waals surface area contributed by atoms with Gasteiger partial charge in [0.25, 0.3) is 5.91 Å². The van der Waals surface area contributed by atoms with E-state index in [9.17, 15) is 17.6 Å². The normalized spacial score (nSPS) is 18.0. The van der Waals surface area contributed by atoms with E-state index in [0.29, 0.717) is 16.9 Å².